The molecular weight excluding hydrogens is 301 g/mol. The Morgan fingerprint density at radius 3 is 2.75 bits per heavy atom. The fourth-order valence-electron chi connectivity index (χ4n) is 2.70. The molecular formula is C14H15ClFNO2S. The normalized spacial score (nSPS) is 21.4. The van der Waals surface area contributed by atoms with Crippen LogP contribution in [0.4, 0.5) is 4.39 Å². The second-order valence-corrected chi connectivity index (χ2v) is 6.84. The fraction of sp³-hybridized carbons (Fsp3) is 0.500. The third-order valence-electron chi connectivity index (χ3n) is 3.80. The summed E-state index contributed by atoms with van der Waals surface area (Å²) in [6.07, 6.45) is 1.57. The van der Waals surface area contributed by atoms with Gasteiger partial charge >= 0.3 is 0 Å². The van der Waals surface area contributed by atoms with E-state index in [2.05, 4.69) is 0 Å². The average molecular weight is 316 g/mol. The maximum atomic E-state index is 13.8. The Balaban J connectivity index is 1.73. The SMILES string of the molecule is O=C(c1c(F)cccc1Cl)N1CCC2(CC1)OCCS2. The Hall–Kier alpha value is -0.780. The zero-order chi connectivity index (χ0) is 14.2. The van der Waals surface area contributed by atoms with E-state index >= 15 is 0 Å². The molecule has 1 aromatic rings. The van der Waals surface area contributed by atoms with Crippen molar-refractivity contribution in [3.05, 3.63) is 34.6 Å². The number of amides is 1. The number of hydrogen-bond donors (Lipinski definition) is 0. The highest BCUT2D eigenvalue weighted by atomic mass is 35.5. The smallest absolute Gasteiger partial charge is 0.258 e. The third-order valence-corrected chi connectivity index (χ3v) is 5.54. The molecule has 6 heteroatoms. The first kappa shape index (κ1) is 14.2. The van der Waals surface area contributed by atoms with Gasteiger partial charge in [0.1, 0.15) is 10.8 Å². The zero-order valence-corrected chi connectivity index (χ0v) is 12.5. The minimum Gasteiger partial charge on any atom is -0.363 e. The van der Waals surface area contributed by atoms with Crippen molar-refractivity contribution in [3.63, 3.8) is 0 Å². The second kappa shape index (κ2) is 5.54. The van der Waals surface area contributed by atoms with E-state index in [1.54, 1.807) is 11.0 Å². The van der Waals surface area contributed by atoms with E-state index in [1.165, 1.54) is 12.1 Å². The number of ether oxygens (including phenoxy) is 1. The molecule has 0 radical (unpaired) electrons. The van der Waals surface area contributed by atoms with Gasteiger partial charge in [0, 0.05) is 31.7 Å². The molecule has 0 saturated carbocycles. The fourth-order valence-corrected chi connectivity index (χ4v) is 4.12. The number of halogens is 2. The zero-order valence-electron chi connectivity index (χ0n) is 10.9. The van der Waals surface area contributed by atoms with E-state index < -0.39 is 5.82 Å². The summed E-state index contributed by atoms with van der Waals surface area (Å²) in [6.45, 7) is 1.94. The molecule has 2 fully saturated rings. The molecule has 108 valence electrons. The van der Waals surface area contributed by atoms with E-state index in [4.69, 9.17) is 16.3 Å². The van der Waals surface area contributed by atoms with Gasteiger partial charge in [-0.25, -0.2) is 4.39 Å². The minimum absolute atomic E-state index is 0.0230. The number of thioether (sulfide) groups is 1. The van der Waals surface area contributed by atoms with E-state index in [0.717, 1.165) is 25.2 Å². The van der Waals surface area contributed by atoms with Gasteiger partial charge in [-0.15, -0.1) is 11.8 Å². The van der Waals surface area contributed by atoms with Crippen LogP contribution in [-0.4, -0.2) is 41.2 Å². The molecule has 2 aliphatic heterocycles. The van der Waals surface area contributed by atoms with Crippen LogP contribution in [0.15, 0.2) is 18.2 Å². The lowest BCUT2D eigenvalue weighted by Gasteiger charge is -2.38. The van der Waals surface area contributed by atoms with E-state index in [1.807, 2.05) is 11.8 Å². The van der Waals surface area contributed by atoms with Gasteiger partial charge in [-0.3, -0.25) is 4.79 Å². The predicted octanol–water partition coefficient (Wildman–Crippen LogP) is 3.17. The first-order valence-corrected chi connectivity index (χ1v) is 7.99. The average Bonchev–Trinajstić information content (AvgIpc) is 2.87. The van der Waals surface area contributed by atoms with Gasteiger partial charge in [0.15, 0.2) is 0 Å². The van der Waals surface area contributed by atoms with Crippen LogP contribution in [0, 0.1) is 5.82 Å². The molecule has 1 aromatic carbocycles. The Labute approximate surface area is 126 Å². The van der Waals surface area contributed by atoms with E-state index in [9.17, 15) is 9.18 Å². The third kappa shape index (κ3) is 2.54. The number of benzene rings is 1. The Morgan fingerprint density at radius 2 is 2.15 bits per heavy atom. The summed E-state index contributed by atoms with van der Waals surface area (Å²) in [5, 5.41) is 0.168. The quantitative estimate of drug-likeness (QED) is 0.797. The summed E-state index contributed by atoms with van der Waals surface area (Å²) >= 11 is 7.77. The van der Waals surface area contributed by atoms with Gasteiger partial charge < -0.3 is 9.64 Å². The van der Waals surface area contributed by atoms with Crippen LogP contribution in [0.2, 0.25) is 5.02 Å². The number of carbonyl (C=O) groups excluding carboxylic acids is 1. The van der Waals surface area contributed by atoms with Gasteiger partial charge in [0.05, 0.1) is 17.2 Å². The van der Waals surface area contributed by atoms with E-state index in [0.29, 0.717) is 13.1 Å². The standard InChI is InChI=1S/C14H15ClFNO2S/c15-10-2-1-3-11(16)12(10)13(18)17-6-4-14(5-7-17)19-8-9-20-14/h1-3H,4-9H2. The molecule has 2 heterocycles. The van der Waals surface area contributed by atoms with Gasteiger partial charge in [-0.2, -0.15) is 0 Å². The lowest BCUT2D eigenvalue weighted by Crippen LogP contribution is -2.45. The summed E-state index contributed by atoms with van der Waals surface area (Å²) in [6, 6.07) is 4.31. The molecule has 1 spiro atoms. The van der Waals surface area contributed by atoms with Gasteiger partial charge in [-0.05, 0) is 12.1 Å². The maximum Gasteiger partial charge on any atom is 0.258 e. The molecule has 3 nitrogen and oxygen atoms in total. The summed E-state index contributed by atoms with van der Waals surface area (Å²) < 4.78 is 19.6. The molecule has 2 aliphatic rings. The number of rotatable bonds is 1. The van der Waals surface area contributed by atoms with Crippen LogP contribution >= 0.6 is 23.4 Å². The molecule has 0 N–H and O–H groups in total. The van der Waals surface area contributed by atoms with Crippen molar-refractivity contribution < 1.29 is 13.9 Å². The Kier molecular flexibility index (Phi) is 3.93. The van der Waals surface area contributed by atoms with Crippen LogP contribution < -0.4 is 0 Å². The largest absolute Gasteiger partial charge is 0.363 e. The molecule has 2 saturated heterocycles. The Morgan fingerprint density at radius 1 is 1.40 bits per heavy atom. The van der Waals surface area contributed by atoms with Crippen molar-refractivity contribution in [2.75, 3.05) is 25.4 Å². The summed E-state index contributed by atoms with van der Waals surface area (Å²) in [5.41, 5.74) is -0.0230. The van der Waals surface area contributed by atoms with Crippen molar-refractivity contribution in [2.24, 2.45) is 0 Å². The molecule has 0 aliphatic carbocycles. The number of piperidine rings is 1. The second-order valence-electron chi connectivity index (χ2n) is 5.00. The van der Waals surface area contributed by atoms with Gasteiger partial charge in [0.25, 0.3) is 5.91 Å². The molecule has 0 unspecified atom stereocenters. The highest BCUT2D eigenvalue weighted by molar-refractivity contribution is 8.00. The molecule has 0 bridgehead atoms. The molecule has 20 heavy (non-hydrogen) atoms. The summed E-state index contributed by atoms with van der Waals surface area (Å²) in [7, 11) is 0. The minimum atomic E-state index is -0.561. The maximum absolute atomic E-state index is 13.8. The van der Waals surface area contributed by atoms with Crippen molar-refractivity contribution in [3.8, 4) is 0 Å². The van der Waals surface area contributed by atoms with Crippen LogP contribution in [-0.2, 0) is 4.74 Å². The van der Waals surface area contributed by atoms with Crippen molar-refractivity contribution >= 4 is 29.3 Å². The molecule has 3 rings (SSSR count). The highest BCUT2D eigenvalue weighted by Gasteiger charge is 2.40. The monoisotopic (exact) mass is 315 g/mol. The van der Waals surface area contributed by atoms with Crippen molar-refractivity contribution in [1.82, 2.24) is 4.90 Å². The first-order valence-electron chi connectivity index (χ1n) is 6.62. The lowest BCUT2D eigenvalue weighted by atomic mass is 10.1. The number of likely N-dealkylation sites (tertiary alicyclic amines) is 1. The molecule has 1 amide bonds. The first-order chi connectivity index (χ1) is 9.61. The highest BCUT2D eigenvalue weighted by Crippen LogP contribution is 2.41. The van der Waals surface area contributed by atoms with Gasteiger partial charge in [-0.1, -0.05) is 17.7 Å². The van der Waals surface area contributed by atoms with Crippen LogP contribution in [0.3, 0.4) is 0 Å². The van der Waals surface area contributed by atoms with Crippen LogP contribution in [0.5, 0.6) is 0 Å². The van der Waals surface area contributed by atoms with Crippen LogP contribution in [0.1, 0.15) is 23.2 Å². The van der Waals surface area contributed by atoms with Crippen molar-refractivity contribution in [2.45, 2.75) is 17.8 Å². The molecule has 0 atom stereocenters. The lowest BCUT2D eigenvalue weighted by molar-refractivity contribution is 0.00343. The number of carbonyl (C=O) groups is 1. The number of hydrogen-bond acceptors (Lipinski definition) is 3. The van der Waals surface area contributed by atoms with Crippen LogP contribution in [0.25, 0.3) is 0 Å². The predicted molar refractivity (Wildman–Crippen MR) is 77.7 cm³/mol. The van der Waals surface area contributed by atoms with Crippen molar-refractivity contribution in [1.29, 1.82) is 0 Å². The summed E-state index contributed by atoms with van der Waals surface area (Å²) in [4.78, 5) is 13.9. The Bertz CT molecular complexity index is 504. The molecule has 0 aromatic heterocycles. The summed E-state index contributed by atoms with van der Waals surface area (Å²) in [5.74, 6) is 0.118. The van der Waals surface area contributed by atoms with Gasteiger partial charge in [0.2, 0.25) is 0 Å². The van der Waals surface area contributed by atoms with E-state index in [-0.39, 0.29) is 21.4 Å². The number of nitrogens with zero attached hydrogens (tertiary/aromatic N) is 1. The topological polar surface area (TPSA) is 29.5 Å².